The second-order valence-electron chi connectivity index (χ2n) is 3.93. The number of halogens is 2. The normalized spacial score (nSPS) is 9.85. The maximum absolute atomic E-state index is 11.0. The minimum absolute atomic E-state index is 0.00675. The van der Waals surface area contributed by atoms with Gasteiger partial charge in [-0.1, -0.05) is 27.5 Å². The number of anilines is 2. The lowest BCUT2D eigenvalue weighted by molar-refractivity contribution is 0.0697. The molecule has 0 bridgehead atoms. The molecule has 0 aliphatic carbocycles. The summed E-state index contributed by atoms with van der Waals surface area (Å²) in [4.78, 5) is 11.0. The average molecular weight is 352 g/mol. The largest absolute Gasteiger partial charge is 0.478 e. The third kappa shape index (κ3) is 3.10. The highest BCUT2D eigenvalue weighted by Gasteiger charge is 2.10. The third-order valence-corrected chi connectivity index (χ3v) is 3.40. The van der Waals surface area contributed by atoms with Crippen LogP contribution in [-0.2, 0) is 0 Å². The Labute approximate surface area is 128 Å². The molecule has 4 nitrogen and oxygen atoms in total. The standard InChI is InChI=1S/C14H8BrClN2O2/c15-9-1-4-13(8(5-9)7-17)18-10-2-3-12(16)11(6-10)14(19)20/h1-6,18H,(H,19,20). The van der Waals surface area contributed by atoms with E-state index in [1.165, 1.54) is 12.1 Å². The van der Waals surface area contributed by atoms with Gasteiger partial charge in [-0.25, -0.2) is 4.79 Å². The number of hydrogen-bond donors (Lipinski definition) is 2. The number of nitrogens with zero attached hydrogens (tertiary/aromatic N) is 1. The van der Waals surface area contributed by atoms with Gasteiger partial charge in [0.05, 0.1) is 21.8 Å². The quantitative estimate of drug-likeness (QED) is 0.858. The molecule has 0 heterocycles. The molecule has 0 amide bonds. The summed E-state index contributed by atoms with van der Waals surface area (Å²) in [6.07, 6.45) is 0. The minimum atomic E-state index is -1.10. The van der Waals surface area contributed by atoms with Crippen LogP contribution in [0.5, 0.6) is 0 Å². The minimum Gasteiger partial charge on any atom is -0.478 e. The van der Waals surface area contributed by atoms with Gasteiger partial charge in [0, 0.05) is 10.2 Å². The molecule has 0 aromatic heterocycles. The summed E-state index contributed by atoms with van der Waals surface area (Å²) in [6.45, 7) is 0. The van der Waals surface area contributed by atoms with E-state index in [0.717, 1.165) is 4.47 Å². The molecule has 0 fully saturated rings. The van der Waals surface area contributed by atoms with E-state index in [0.29, 0.717) is 16.9 Å². The summed E-state index contributed by atoms with van der Waals surface area (Å²) in [5.41, 5.74) is 1.60. The summed E-state index contributed by atoms with van der Waals surface area (Å²) in [7, 11) is 0. The molecule has 0 aliphatic rings. The highest BCUT2D eigenvalue weighted by molar-refractivity contribution is 9.10. The lowest BCUT2D eigenvalue weighted by Gasteiger charge is -2.10. The Morgan fingerprint density at radius 3 is 2.70 bits per heavy atom. The number of carboxylic acids is 1. The van der Waals surface area contributed by atoms with Crippen LogP contribution in [0.3, 0.4) is 0 Å². The molecule has 0 spiro atoms. The second-order valence-corrected chi connectivity index (χ2v) is 5.25. The van der Waals surface area contributed by atoms with Gasteiger partial charge in [-0.3, -0.25) is 0 Å². The van der Waals surface area contributed by atoms with E-state index >= 15 is 0 Å². The maximum atomic E-state index is 11.0. The molecule has 0 radical (unpaired) electrons. The molecule has 0 unspecified atom stereocenters. The Bertz CT molecular complexity index is 726. The number of benzene rings is 2. The van der Waals surface area contributed by atoms with E-state index in [1.54, 1.807) is 24.3 Å². The molecule has 100 valence electrons. The van der Waals surface area contributed by atoms with Crippen LogP contribution < -0.4 is 5.32 Å². The number of carbonyl (C=O) groups is 1. The van der Waals surface area contributed by atoms with Crippen LogP contribution in [0.25, 0.3) is 0 Å². The Balaban J connectivity index is 2.38. The first-order chi connectivity index (χ1) is 9.51. The van der Waals surface area contributed by atoms with Gasteiger partial charge in [-0.15, -0.1) is 0 Å². The predicted molar refractivity (Wildman–Crippen MR) is 80.6 cm³/mol. The molecular weight excluding hydrogens is 344 g/mol. The molecule has 0 aliphatic heterocycles. The van der Waals surface area contributed by atoms with Gasteiger partial charge < -0.3 is 10.4 Å². The second kappa shape index (κ2) is 5.95. The molecule has 20 heavy (non-hydrogen) atoms. The van der Waals surface area contributed by atoms with Crippen LogP contribution in [0.4, 0.5) is 11.4 Å². The van der Waals surface area contributed by atoms with Crippen LogP contribution >= 0.6 is 27.5 Å². The van der Waals surface area contributed by atoms with E-state index in [1.807, 2.05) is 0 Å². The fraction of sp³-hybridized carbons (Fsp3) is 0. The molecular formula is C14H8BrClN2O2. The van der Waals surface area contributed by atoms with Crippen molar-refractivity contribution in [2.24, 2.45) is 0 Å². The molecule has 0 saturated carbocycles. The molecule has 2 aromatic carbocycles. The van der Waals surface area contributed by atoms with Crippen LogP contribution in [0.1, 0.15) is 15.9 Å². The smallest absolute Gasteiger partial charge is 0.337 e. The van der Waals surface area contributed by atoms with Crippen LogP contribution in [0, 0.1) is 11.3 Å². The summed E-state index contributed by atoms with van der Waals surface area (Å²) < 4.78 is 0.793. The first-order valence-corrected chi connectivity index (χ1v) is 6.68. The average Bonchev–Trinajstić information content (AvgIpc) is 2.42. The summed E-state index contributed by atoms with van der Waals surface area (Å²) in [6, 6.07) is 11.8. The van der Waals surface area contributed by atoms with E-state index in [9.17, 15) is 4.79 Å². The van der Waals surface area contributed by atoms with Gasteiger partial charge in [-0.2, -0.15) is 5.26 Å². The zero-order valence-electron chi connectivity index (χ0n) is 10.0. The van der Waals surface area contributed by atoms with E-state index in [-0.39, 0.29) is 10.6 Å². The number of nitrogens with one attached hydrogen (secondary N) is 1. The topological polar surface area (TPSA) is 73.1 Å². The lowest BCUT2D eigenvalue weighted by atomic mass is 10.1. The van der Waals surface area contributed by atoms with Crippen molar-refractivity contribution in [3.05, 3.63) is 57.0 Å². The Hall–Kier alpha value is -2.03. The van der Waals surface area contributed by atoms with Crippen LogP contribution in [0.2, 0.25) is 5.02 Å². The van der Waals surface area contributed by atoms with Crippen molar-refractivity contribution in [1.82, 2.24) is 0 Å². The number of carboxylic acid groups (broad SMARTS) is 1. The zero-order chi connectivity index (χ0) is 14.7. The Kier molecular flexibility index (Phi) is 4.28. The highest BCUT2D eigenvalue weighted by Crippen LogP contribution is 2.26. The fourth-order valence-corrected chi connectivity index (χ4v) is 2.20. The van der Waals surface area contributed by atoms with Gasteiger partial charge in [0.25, 0.3) is 0 Å². The molecule has 2 rings (SSSR count). The summed E-state index contributed by atoms with van der Waals surface area (Å²) in [5, 5.41) is 21.3. The van der Waals surface area contributed by atoms with Gasteiger partial charge >= 0.3 is 5.97 Å². The zero-order valence-corrected chi connectivity index (χ0v) is 12.4. The number of hydrogen-bond acceptors (Lipinski definition) is 3. The van der Waals surface area contributed by atoms with Gasteiger partial charge in [0.2, 0.25) is 0 Å². The van der Waals surface area contributed by atoms with E-state index in [2.05, 4.69) is 27.3 Å². The van der Waals surface area contributed by atoms with Crippen molar-refractivity contribution < 1.29 is 9.90 Å². The molecule has 0 saturated heterocycles. The Morgan fingerprint density at radius 2 is 2.05 bits per heavy atom. The number of aromatic carboxylic acids is 1. The maximum Gasteiger partial charge on any atom is 0.337 e. The highest BCUT2D eigenvalue weighted by atomic mass is 79.9. The first-order valence-electron chi connectivity index (χ1n) is 5.51. The third-order valence-electron chi connectivity index (χ3n) is 2.58. The summed E-state index contributed by atoms with van der Waals surface area (Å²) in [5.74, 6) is -1.10. The van der Waals surface area contributed by atoms with Crippen molar-refractivity contribution in [2.45, 2.75) is 0 Å². The van der Waals surface area contributed by atoms with E-state index < -0.39 is 5.97 Å². The lowest BCUT2D eigenvalue weighted by Crippen LogP contribution is -2.00. The monoisotopic (exact) mass is 350 g/mol. The van der Waals surface area contributed by atoms with Crippen molar-refractivity contribution in [3.63, 3.8) is 0 Å². The van der Waals surface area contributed by atoms with Crippen molar-refractivity contribution >= 4 is 44.9 Å². The molecule has 2 aromatic rings. The van der Waals surface area contributed by atoms with Crippen LogP contribution in [0.15, 0.2) is 40.9 Å². The fourth-order valence-electron chi connectivity index (χ4n) is 1.64. The van der Waals surface area contributed by atoms with Gasteiger partial charge in [-0.05, 0) is 36.4 Å². The van der Waals surface area contributed by atoms with Crippen molar-refractivity contribution in [3.8, 4) is 6.07 Å². The Morgan fingerprint density at radius 1 is 1.30 bits per heavy atom. The van der Waals surface area contributed by atoms with Crippen molar-refractivity contribution in [2.75, 3.05) is 5.32 Å². The van der Waals surface area contributed by atoms with Crippen molar-refractivity contribution in [1.29, 1.82) is 5.26 Å². The SMILES string of the molecule is N#Cc1cc(Br)ccc1Nc1ccc(Cl)c(C(=O)O)c1. The molecule has 6 heteroatoms. The number of nitriles is 1. The molecule has 2 N–H and O–H groups in total. The van der Waals surface area contributed by atoms with E-state index in [4.69, 9.17) is 22.0 Å². The van der Waals surface area contributed by atoms with Gasteiger partial charge in [0.1, 0.15) is 6.07 Å². The van der Waals surface area contributed by atoms with Gasteiger partial charge in [0.15, 0.2) is 0 Å². The first kappa shape index (κ1) is 14.4. The molecule has 0 atom stereocenters. The van der Waals surface area contributed by atoms with Crippen LogP contribution in [-0.4, -0.2) is 11.1 Å². The number of rotatable bonds is 3. The predicted octanol–water partition coefficient (Wildman–Crippen LogP) is 4.42. The summed E-state index contributed by atoms with van der Waals surface area (Å²) >= 11 is 9.10.